The van der Waals surface area contributed by atoms with E-state index in [0.717, 1.165) is 6.07 Å². The number of hydrogen-bond donors (Lipinski definition) is 1. The van der Waals surface area contributed by atoms with Gasteiger partial charge in [0.1, 0.15) is 12.2 Å². The molecule has 10 nitrogen and oxygen atoms in total. The summed E-state index contributed by atoms with van der Waals surface area (Å²) < 4.78 is 40.7. The van der Waals surface area contributed by atoms with Crippen molar-refractivity contribution in [1.29, 1.82) is 0 Å². The Morgan fingerprint density at radius 2 is 1.89 bits per heavy atom. The number of aromatic nitrogens is 6. The molecule has 0 unspecified atom stereocenters. The molecule has 152 valence electrons. The number of hydrogen-bond acceptors (Lipinski definition) is 8. The van der Waals surface area contributed by atoms with Crippen LogP contribution in [0, 0.1) is 0 Å². The van der Waals surface area contributed by atoms with Gasteiger partial charge in [-0.25, -0.2) is 14.6 Å². The molecule has 3 rings (SSSR count). The molecule has 2 aromatic rings. The molecular weight excluding hydrogens is 379 g/mol. The van der Waals surface area contributed by atoms with Crippen LogP contribution in [0.4, 0.5) is 25.1 Å². The van der Waals surface area contributed by atoms with Crippen LogP contribution in [0.2, 0.25) is 0 Å². The first-order valence-electron chi connectivity index (χ1n) is 8.65. The molecule has 1 amide bonds. The number of nitrogen functional groups attached to an aromatic ring is 1. The van der Waals surface area contributed by atoms with Crippen molar-refractivity contribution in [3.8, 4) is 0 Å². The molecule has 2 N–H and O–H groups in total. The number of tetrazole rings is 1. The highest BCUT2D eigenvalue weighted by Gasteiger charge is 2.35. The second-order valence-electron chi connectivity index (χ2n) is 6.69. The molecular formula is C15H20F3N9O. The van der Waals surface area contributed by atoms with Crippen LogP contribution in [0.1, 0.15) is 31.2 Å². The van der Waals surface area contributed by atoms with Crippen molar-refractivity contribution in [3.63, 3.8) is 0 Å². The van der Waals surface area contributed by atoms with Gasteiger partial charge in [-0.15, -0.1) is 0 Å². The number of nitrogens with two attached hydrogens (primary N) is 1. The van der Waals surface area contributed by atoms with Gasteiger partial charge in [0, 0.05) is 31.9 Å². The third kappa shape index (κ3) is 4.28. The van der Waals surface area contributed by atoms with Gasteiger partial charge in [-0.05, 0) is 22.4 Å². The topological polar surface area (TPSA) is 119 Å². The van der Waals surface area contributed by atoms with Crippen LogP contribution in [-0.4, -0.2) is 67.2 Å². The van der Waals surface area contributed by atoms with Crippen LogP contribution in [0.3, 0.4) is 0 Å². The number of anilines is 2. The minimum absolute atomic E-state index is 0.0235. The molecule has 1 fully saturated rings. The Labute approximate surface area is 158 Å². The van der Waals surface area contributed by atoms with Gasteiger partial charge in [-0.3, -0.25) is 4.79 Å². The third-order valence-corrected chi connectivity index (χ3v) is 4.38. The average Bonchev–Trinajstić information content (AvgIpc) is 3.05. The van der Waals surface area contributed by atoms with Crippen molar-refractivity contribution in [3.05, 3.63) is 17.5 Å². The summed E-state index contributed by atoms with van der Waals surface area (Å²) in [5, 5.41) is 10.5. The van der Waals surface area contributed by atoms with Gasteiger partial charge >= 0.3 is 6.18 Å². The molecule has 1 saturated heterocycles. The van der Waals surface area contributed by atoms with Crippen LogP contribution < -0.4 is 10.6 Å². The Bertz CT molecular complexity index is 844. The number of nitrogens with zero attached hydrogens (tertiary/aromatic N) is 8. The van der Waals surface area contributed by atoms with E-state index in [4.69, 9.17) is 5.73 Å². The Hall–Kier alpha value is -2.99. The molecule has 2 aromatic heterocycles. The molecule has 0 spiro atoms. The molecule has 0 radical (unpaired) electrons. The summed E-state index contributed by atoms with van der Waals surface area (Å²) in [6.07, 6.45) is -4.55. The highest BCUT2D eigenvalue weighted by atomic mass is 19.4. The van der Waals surface area contributed by atoms with Crippen LogP contribution in [-0.2, 0) is 17.5 Å². The molecule has 0 bridgehead atoms. The van der Waals surface area contributed by atoms with Gasteiger partial charge in [0.25, 0.3) is 0 Å². The summed E-state index contributed by atoms with van der Waals surface area (Å²) in [6.45, 7) is 4.71. The summed E-state index contributed by atoms with van der Waals surface area (Å²) >= 11 is 0. The molecule has 13 heteroatoms. The SMILES string of the molecule is CC(C)c1cc(C(F)(F)F)nc(N2CCN(C(=O)Cn3nnnc3N)CC2)n1. The molecule has 0 aliphatic carbocycles. The lowest BCUT2D eigenvalue weighted by atomic mass is 10.1. The predicted octanol–water partition coefficient (Wildman–Crippen LogP) is 0.536. The fourth-order valence-electron chi connectivity index (χ4n) is 2.74. The van der Waals surface area contributed by atoms with Gasteiger partial charge in [0.05, 0.1) is 0 Å². The second-order valence-corrected chi connectivity index (χ2v) is 6.69. The first-order chi connectivity index (χ1) is 13.1. The number of carbonyl (C=O) groups is 1. The number of alkyl halides is 3. The van der Waals surface area contributed by atoms with E-state index in [0.29, 0.717) is 31.9 Å². The van der Waals surface area contributed by atoms with Crippen molar-refractivity contribution in [1.82, 2.24) is 35.1 Å². The lowest BCUT2D eigenvalue weighted by molar-refractivity contribution is -0.141. The quantitative estimate of drug-likeness (QED) is 0.791. The summed E-state index contributed by atoms with van der Waals surface area (Å²) in [5.74, 6) is -0.347. The molecule has 28 heavy (non-hydrogen) atoms. The molecule has 0 saturated carbocycles. The smallest absolute Gasteiger partial charge is 0.367 e. The second kappa shape index (κ2) is 7.56. The normalized spacial score (nSPS) is 15.4. The van der Waals surface area contributed by atoms with E-state index in [1.54, 1.807) is 23.6 Å². The van der Waals surface area contributed by atoms with Gasteiger partial charge < -0.3 is 15.5 Å². The van der Waals surface area contributed by atoms with Gasteiger partial charge in [0.2, 0.25) is 17.8 Å². The van der Waals surface area contributed by atoms with E-state index in [9.17, 15) is 18.0 Å². The van der Waals surface area contributed by atoms with E-state index in [-0.39, 0.29) is 30.3 Å². The van der Waals surface area contributed by atoms with Gasteiger partial charge in [0.15, 0.2) is 0 Å². The zero-order chi connectivity index (χ0) is 20.5. The highest BCUT2D eigenvalue weighted by molar-refractivity contribution is 5.76. The number of halogens is 3. The number of rotatable bonds is 4. The maximum Gasteiger partial charge on any atom is 0.433 e. The lowest BCUT2D eigenvalue weighted by Crippen LogP contribution is -2.50. The minimum atomic E-state index is -4.55. The molecule has 0 atom stereocenters. The minimum Gasteiger partial charge on any atom is -0.367 e. The summed E-state index contributed by atoms with van der Waals surface area (Å²) in [4.78, 5) is 23.5. The van der Waals surface area contributed by atoms with Crippen LogP contribution >= 0.6 is 0 Å². The van der Waals surface area contributed by atoms with E-state index in [2.05, 4.69) is 25.5 Å². The Kier molecular flexibility index (Phi) is 5.34. The predicted molar refractivity (Wildman–Crippen MR) is 92.1 cm³/mol. The van der Waals surface area contributed by atoms with E-state index in [1.165, 1.54) is 4.68 Å². The van der Waals surface area contributed by atoms with Crippen molar-refractivity contribution >= 4 is 17.8 Å². The standard InChI is InChI=1S/C15H20F3N9O/c1-9(2)10-7-11(15(16,17)18)21-14(20-10)26-5-3-25(4-6-26)12(28)8-27-13(19)22-23-24-27/h7,9H,3-6,8H2,1-2H3,(H2,19,22,24). The Morgan fingerprint density at radius 3 is 2.43 bits per heavy atom. The molecule has 1 aliphatic heterocycles. The third-order valence-electron chi connectivity index (χ3n) is 4.38. The fourth-order valence-corrected chi connectivity index (χ4v) is 2.74. The van der Waals surface area contributed by atoms with Crippen LogP contribution in [0.5, 0.6) is 0 Å². The Morgan fingerprint density at radius 1 is 1.21 bits per heavy atom. The average molecular weight is 399 g/mol. The van der Waals surface area contributed by atoms with E-state index in [1.807, 2.05) is 0 Å². The zero-order valence-electron chi connectivity index (χ0n) is 15.4. The van der Waals surface area contributed by atoms with Crippen molar-refractivity contribution in [2.24, 2.45) is 0 Å². The maximum atomic E-state index is 13.2. The van der Waals surface area contributed by atoms with Gasteiger partial charge in [-0.2, -0.15) is 13.2 Å². The van der Waals surface area contributed by atoms with E-state index >= 15 is 0 Å². The highest BCUT2D eigenvalue weighted by Crippen LogP contribution is 2.30. The van der Waals surface area contributed by atoms with Crippen LogP contribution in [0.15, 0.2) is 6.07 Å². The first kappa shape index (κ1) is 19.8. The molecule has 1 aliphatic rings. The largest absolute Gasteiger partial charge is 0.433 e. The van der Waals surface area contributed by atoms with Crippen LogP contribution in [0.25, 0.3) is 0 Å². The summed E-state index contributed by atoms with van der Waals surface area (Å²) in [5.41, 5.74) is 4.90. The maximum absolute atomic E-state index is 13.2. The summed E-state index contributed by atoms with van der Waals surface area (Å²) in [6, 6.07) is 0.977. The Balaban J connectivity index is 1.70. The number of amides is 1. The zero-order valence-corrected chi connectivity index (χ0v) is 15.4. The molecule has 3 heterocycles. The van der Waals surface area contributed by atoms with Crippen molar-refractivity contribution in [2.45, 2.75) is 32.5 Å². The van der Waals surface area contributed by atoms with E-state index < -0.39 is 11.9 Å². The number of carbonyl (C=O) groups excluding carboxylic acids is 1. The van der Waals surface area contributed by atoms with Gasteiger partial charge in [-0.1, -0.05) is 18.9 Å². The van der Waals surface area contributed by atoms with Crippen molar-refractivity contribution in [2.75, 3.05) is 36.8 Å². The summed E-state index contributed by atoms with van der Waals surface area (Å²) in [7, 11) is 0. The fraction of sp³-hybridized carbons (Fsp3) is 0.600. The monoisotopic (exact) mass is 399 g/mol. The molecule has 0 aromatic carbocycles. The first-order valence-corrected chi connectivity index (χ1v) is 8.65. The number of piperazine rings is 1. The van der Waals surface area contributed by atoms with Crippen molar-refractivity contribution < 1.29 is 18.0 Å². The lowest BCUT2D eigenvalue weighted by Gasteiger charge is -2.35.